The van der Waals surface area contributed by atoms with Gasteiger partial charge in [0.05, 0.1) is 22.6 Å². The molecule has 0 spiro atoms. The number of aryl methyl sites for hydroxylation is 1. The van der Waals surface area contributed by atoms with Crippen LogP contribution in [0.5, 0.6) is 0 Å². The van der Waals surface area contributed by atoms with Crippen LogP contribution in [0.25, 0.3) is 0 Å². The highest BCUT2D eigenvalue weighted by Crippen LogP contribution is 2.36. The number of nitrogens with zero attached hydrogens (tertiary/aromatic N) is 1. The second-order valence-electron chi connectivity index (χ2n) is 11.5. The van der Waals surface area contributed by atoms with Gasteiger partial charge in [0.1, 0.15) is 23.1 Å². The van der Waals surface area contributed by atoms with E-state index in [0.29, 0.717) is 73.6 Å². The van der Waals surface area contributed by atoms with Gasteiger partial charge < -0.3 is 26.2 Å². The number of sulfonamides is 1. The fourth-order valence-corrected chi connectivity index (χ4v) is 8.24. The quantitative estimate of drug-likeness (QED) is 0.0714. The first-order chi connectivity index (χ1) is 22.4. The monoisotopic (exact) mass is 730 g/mol. The maximum atomic E-state index is 13.4. The molecule has 2 heterocycles. The van der Waals surface area contributed by atoms with Gasteiger partial charge in [-0.25, -0.2) is 22.7 Å². The number of nitrogens with two attached hydrogens (primary N) is 1. The highest BCUT2D eigenvalue weighted by molar-refractivity contribution is 7.97. The van der Waals surface area contributed by atoms with Crippen LogP contribution in [-0.4, -0.2) is 84.6 Å². The molecule has 0 aromatic heterocycles. The molecule has 2 aromatic carbocycles. The van der Waals surface area contributed by atoms with Gasteiger partial charge >= 0.3 is 11.9 Å². The van der Waals surface area contributed by atoms with Crippen LogP contribution in [-0.2, 0) is 37.4 Å². The van der Waals surface area contributed by atoms with Gasteiger partial charge in [-0.2, -0.15) is 0 Å². The molecule has 2 aliphatic heterocycles. The van der Waals surface area contributed by atoms with Crippen LogP contribution in [0, 0.1) is 0 Å². The maximum absolute atomic E-state index is 13.4. The molecule has 1 fully saturated rings. The minimum atomic E-state index is -3.95. The summed E-state index contributed by atoms with van der Waals surface area (Å²) < 4.78 is 31.9. The van der Waals surface area contributed by atoms with Crippen molar-refractivity contribution >= 4 is 68.7 Å². The van der Waals surface area contributed by atoms with E-state index in [0.717, 1.165) is 5.56 Å². The summed E-state index contributed by atoms with van der Waals surface area (Å²) >= 11 is 13.5. The van der Waals surface area contributed by atoms with E-state index in [2.05, 4.69) is 20.1 Å². The lowest BCUT2D eigenvalue weighted by molar-refractivity contribution is -0.149. The largest absolute Gasteiger partial charge is 0.480 e. The average Bonchev–Trinajstić information content (AvgIpc) is 3.55. The Morgan fingerprint density at radius 1 is 1.09 bits per heavy atom. The van der Waals surface area contributed by atoms with Crippen molar-refractivity contribution in [3.05, 3.63) is 52.5 Å². The summed E-state index contributed by atoms with van der Waals surface area (Å²) in [4.78, 5) is 39.2. The summed E-state index contributed by atoms with van der Waals surface area (Å²) in [5, 5.41) is 25.7. The standard InChI is InChI=1S/C30H40Cl2N6O7S2/c31-16-27-36-23-14-20(32)26(15-25(23)46-37-27)47(44,45)34-17-19-8-6-18(7-9-19)10-11-22(29(40)41)35-21(4-1-2-12-33)28(39)38-13-3-5-24(38)30(42)43/h6-9,14-15,21-22,24,27,34-37H,1-5,10-13,16-17,33H2,(H,40,41)(H,42,43)/t21-,22-,24?,27-/m0/s1. The van der Waals surface area contributed by atoms with Crippen molar-refractivity contribution < 1.29 is 33.0 Å². The summed E-state index contributed by atoms with van der Waals surface area (Å²) in [5.41, 5.74) is 7.81. The number of aliphatic carboxylic acids is 2. The first-order valence-corrected chi connectivity index (χ1v) is 18.5. The molecule has 0 aliphatic carbocycles. The van der Waals surface area contributed by atoms with Crippen LogP contribution in [0.15, 0.2) is 46.2 Å². The second kappa shape index (κ2) is 17.2. The van der Waals surface area contributed by atoms with Crippen LogP contribution in [0.2, 0.25) is 5.02 Å². The Balaban J connectivity index is 1.35. The van der Waals surface area contributed by atoms with E-state index < -0.39 is 46.0 Å². The summed E-state index contributed by atoms with van der Waals surface area (Å²) in [6.45, 7) is 0.747. The average molecular weight is 732 g/mol. The number of hydrogen-bond acceptors (Lipinski definition) is 10. The number of carboxylic acids is 2. The third kappa shape index (κ3) is 9.95. The number of anilines is 1. The second-order valence-corrected chi connectivity index (χ2v) is 14.8. The van der Waals surface area contributed by atoms with Crippen molar-refractivity contribution in [3.8, 4) is 0 Å². The number of carbonyl (C=O) groups is 3. The van der Waals surface area contributed by atoms with Crippen molar-refractivity contribution in [1.82, 2.24) is 19.7 Å². The van der Waals surface area contributed by atoms with Gasteiger partial charge in [-0.15, -0.1) is 11.6 Å². The number of unbranched alkanes of at least 4 members (excludes halogenated alkanes) is 1. The Bertz CT molecular complexity index is 1530. The normalized spacial score (nSPS) is 19.1. The van der Waals surface area contributed by atoms with Gasteiger partial charge in [-0.3, -0.25) is 14.9 Å². The molecule has 0 bridgehead atoms. The Morgan fingerprint density at radius 2 is 1.81 bits per heavy atom. The summed E-state index contributed by atoms with van der Waals surface area (Å²) in [6.07, 6.45) is 2.88. The lowest BCUT2D eigenvalue weighted by Gasteiger charge is -2.29. The van der Waals surface area contributed by atoms with Gasteiger partial charge in [0.2, 0.25) is 15.9 Å². The minimum absolute atomic E-state index is 0.00767. The van der Waals surface area contributed by atoms with Crippen molar-refractivity contribution in [2.75, 3.05) is 24.3 Å². The van der Waals surface area contributed by atoms with E-state index in [1.165, 1.54) is 22.9 Å². The van der Waals surface area contributed by atoms with Gasteiger partial charge in [0.15, 0.2) is 0 Å². The number of carbonyl (C=O) groups excluding carboxylic acids is 1. The number of rotatable bonds is 17. The van der Waals surface area contributed by atoms with E-state index in [9.17, 15) is 33.0 Å². The zero-order valence-corrected chi connectivity index (χ0v) is 28.7. The molecular formula is C30H40Cl2N6O7S2. The molecular weight excluding hydrogens is 691 g/mol. The molecule has 4 atom stereocenters. The first-order valence-electron chi connectivity index (χ1n) is 15.3. The third-order valence-electron chi connectivity index (χ3n) is 8.10. The number of carboxylic acid groups (broad SMARTS) is 2. The van der Waals surface area contributed by atoms with Crippen molar-refractivity contribution in [1.29, 1.82) is 0 Å². The van der Waals surface area contributed by atoms with Crippen molar-refractivity contribution in [3.63, 3.8) is 0 Å². The van der Waals surface area contributed by atoms with Gasteiger partial charge in [0.25, 0.3) is 0 Å². The molecule has 258 valence electrons. The lowest BCUT2D eigenvalue weighted by Crippen LogP contribution is -2.54. The van der Waals surface area contributed by atoms with Crippen LogP contribution >= 0.6 is 35.1 Å². The minimum Gasteiger partial charge on any atom is -0.480 e. The number of benzene rings is 2. The number of amides is 1. The molecule has 0 saturated carbocycles. The third-order valence-corrected chi connectivity index (χ3v) is 11.2. The number of alkyl halides is 1. The molecule has 1 unspecified atom stereocenters. The zero-order valence-electron chi connectivity index (χ0n) is 25.6. The zero-order chi connectivity index (χ0) is 34.1. The molecule has 8 N–H and O–H groups in total. The van der Waals surface area contributed by atoms with Crippen molar-refractivity contribution in [2.24, 2.45) is 5.73 Å². The van der Waals surface area contributed by atoms with E-state index in [-0.39, 0.29) is 29.0 Å². The molecule has 17 heteroatoms. The van der Waals surface area contributed by atoms with Gasteiger partial charge in [-0.05, 0) is 80.3 Å². The molecule has 1 saturated heterocycles. The fraction of sp³-hybridized carbons (Fsp3) is 0.500. The number of hydrogen-bond donors (Lipinski definition) is 7. The van der Waals surface area contributed by atoms with Crippen molar-refractivity contribution in [2.45, 2.75) is 85.6 Å². The van der Waals surface area contributed by atoms with E-state index in [1.54, 1.807) is 30.3 Å². The smallest absolute Gasteiger partial charge is 0.326 e. The Hall–Kier alpha value is -2.63. The first kappa shape index (κ1) is 37.2. The van der Waals surface area contributed by atoms with Gasteiger partial charge in [0, 0.05) is 18.0 Å². The molecule has 1 amide bonds. The van der Waals surface area contributed by atoms with E-state index in [4.69, 9.17) is 28.9 Å². The predicted molar refractivity (Wildman–Crippen MR) is 181 cm³/mol. The summed E-state index contributed by atoms with van der Waals surface area (Å²) in [6, 6.07) is 7.33. The topological polar surface area (TPSA) is 203 Å². The maximum Gasteiger partial charge on any atom is 0.326 e. The number of halogens is 2. The molecule has 2 aromatic rings. The van der Waals surface area contributed by atoms with Crippen LogP contribution in [0.4, 0.5) is 5.69 Å². The number of nitrogens with one attached hydrogen (secondary N) is 4. The van der Waals surface area contributed by atoms with E-state index in [1.807, 2.05) is 0 Å². The molecule has 4 rings (SSSR count). The number of fused-ring (bicyclic) bond motifs is 1. The molecule has 0 radical (unpaired) electrons. The SMILES string of the molecule is NCCCC[C@H](N[C@@H](CCc1ccc(CNS(=O)(=O)c2cc3c(cc2Cl)N[C@H](CCl)NS3)cc1)C(=O)O)C(=O)N1CCCC1C(=O)O. The highest BCUT2D eigenvalue weighted by atomic mass is 35.5. The molecule has 47 heavy (non-hydrogen) atoms. The molecule has 13 nitrogen and oxygen atoms in total. The molecule has 2 aliphatic rings. The van der Waals surface area contributed by atoms with E-state index >= 15 is 0 Å². The van der Waals surface area contributed by atoms with Gasteiger partial charge in [-0.1, -0.05) is 42.3 Å². The Morgan fingerprint density at radius 3 is 2.47 bits per heavy atom. The highest BCUT2D eigenvalue weighted by Gasteiger charge is 2.38. The Kier molecular flexibility index (Phi) is 13.6. The summed E-state index contributed by atoms with van der Waals surface area (Å²) in [7, 11) is -3.95. The number of likely N-dealkylation sites (tertiary alicyclic amines) is 1. The van der Waals surface area contributed by atoms with Crippen LogP contribution in [0.3, 0.4) is 0 Å². The predicted octanol–water partition coefficient (Wildman–Crippen LogP) is 2.95. The Labute approximate surface area is 288 Å². The summed E-state index contributed by atoms with van der Waals surface area (Å²) in [5.74, 6) is -2.28. The lowest BCUT2D eigenvalue weighted by atomic mass is 10.0. The van der Waals surface area contributed by atoms with Crippen LogP contribution < -0.4 is 25.8 Å². The van der Waals surface area contributed by atoms with Crippen LogP contribution in [0.1, 0.15) is 49.7 Å². The fourth-order valence-electron chi connectivity index (χ4n) is 5.53.